The van der Waals surface area contributed by atoms with E-state index in [4.69, 9.17) is 15.0 Å². The lowest BCUT2D eigenvalue weighted by atomic mass is 9.78. The number of amides is 2. The number of halogens is 3. The van der Waals surface area contributed by atoms with Gasteiger partial charge in [0.1, 0.15) is 6.04 Å². The van der Waals surface area contributed by atoms with Crippen LogP contribution in [0.1, 0.15) is 49.2 Å². The van der Waals surface area contributed by atoms with Crippen molar-refractivity contribution in [2.75, 3.05) is 0 Å². The van der Waals surface area contributed by atoms with Gasteiger partial charge in [0.05, 0.1) is 22.3 Å². The lowest BCUT2D eigenvalue weighted by molar-refractivity contribution is -0.137. The van der Waals surface area contributed by atoms with Crippen LogP contribution in [0.15, 0.2) is 48.5 Å². The molecule has 1 aliphatic heterocycles. The Bertz CT molecular complexity index is 1020. The van der Waals surface area contributed by atoms with Gasteiger partial charge in [-0.1, -0.05) is 36.4 Å². The first-order chi connectivity index (χ1) is 15.2. The first kappa shape index (κ1) is 24.8. The van der Waals surface area contributed by atoms with Gasteiger partial charge in [0.15, 0.2) is 0 Å². The number of hydrogen-bond acceptors (Lipinski definition) is 4. The van der Waals surface area contributed by atoms with Gasteiger partial charge >= 0.3 is 13.3 Å². The predicted octanol–water partition coefficient (Wildman–Crippen LogP) is 2.83. The molecule has 0 aromatic heterocycles. The van der Waals surface area contributed by atoms with Crippen LogP contribution in [0.4, 0.5) is 13.2 Å². The Morgan fingerprint density at radius 2 is 1.55 bits per heavy atom. The van der Waals surface area contributed by atoms with E-state index < -0.39 is 53.5 Å². The molecule has 0 radical (unpaired) electrons. The van der Waals surface area contributed by atoms with E-state index in [2.05, 4.69) is 5.32 Å². The first-order valence-corrected chi connectivity index (χ1v) is 10.4. The van der Waals surface area contributed by atoms with Crippen LogP contribution in [0.2, 0.25) is 0 Å². The zero-order valence-electron chi connectivity index (χ0n) is 18.8. The highest BCUT2D eigenvalue weighted by molar-refractivity contribution is 6.62. The van der Waals surface area contributed by atoms with Crippen molar-refractivity contribution in [2.24, 2.45) is 5.73 Å². The van der Waals surface area contributed by atoms with Gasteiger partial charge in [-0.05, 0) is 50.9 Å². The molecule has 6 nitrogen and oxygen atoms in total. The molecule has 33 heavy (non-hydrogen) atoms. The van der Waals surface area contributed by atoms with Crippen molar-refractivity contribution >= 4 is 24.4 Å². The Morgan fingerprint density at radius 3 is 2.06 bits per heavy atom. The highest BCUT2D eigenvalue weighted by atomic mass is 19.4. The molecule has 1 atom stereocenters. The van der Waals surface area contributed by atoms with Gasteiger partial charge < -0.3 is 20.4 Å². The number of carbonyl (C=O) groups excluding carboxylic acids is 2. The summed E-state index contributed by atoms with van der Waals surface area (Å²) in [6, 6.07) is 10.2. The number of nitrogens with two attached hydrogens (primary N) is 1. The Morgan fingerprint density at radius 1 is 1.00 bits per heavy atom. The number of rotatable bonds is 6. The maximum absolute atomic E-state index is 13.2. The van der Waals surface area contributed by atoms with Gasteiger partial charge in [0.2, 0.25) is 5.91 Å². The second kappa shape index (κ2) is 8.83. The van der Waals surface area contributed by atoms with E-state index in [9.17, 15) is 22.8 Å². The van der Waals surface area contributed by atoms with Crippen molar-refractivity contribution in [1.82, 2.24) is 5.32 Å². The standard InChI is InChI=1S/C23H26BF3N2O4/c1-21(2)22(3,4)33-24(32-21)15-11-9-14(10-12-15)13-18(19(28)30)29-20(31)16-7-5-6-8-17(16)23(25,26)27/h5-12,18H,13H2,1-4H3,(H2,28,30)(H,29,31)/t18-/m0/s1. The van der Waals surface area contributed by atoms with Gasteiger partial charge in [-0.2, -0.15) is 13.2 Å². The maximum atomic E-state index is 13.2. The van der Waals surface area contributed by atoms with Crippen LogP contribution in [0.25, 0.3) is 0 Å². The molecule has 0 saturated carbocycles. The molecule has 1 saturated heterocycles. The summed E-state index contributed by atoms with van der Waals surface area (Å²) in [7, 11) is -0.561. The zero-order chi connectivity index (χ0) is 24.6. The quantitative estimate of drug-likeness (QED) is 0.647. The van der Waals surface area contributed by atoms with Gasteiger partial charge in [-0.15, -0.1) is 0 Å². The van der Waals surface area contributed by atoms with Crippen molar-refractivity contribution in [3.8, 4) is 0 Å². The van der Waals surface area contributed by atoms with Crippen molar-refractivity contribution < 1.29 is 32.1 Å². The van der Waals surface area contributed by atoms with Gasteiger partial charge in [-0.25, -0.2) is 0 Å². The third-order valence-electron chi connectivity index (χ3n) is 6.07. The topological polar surface area (TPSA) is 90.6 Å². The Balaban J connectivity index is 1.73. The number of benzene rings is 2. The summed E-state index contributed by atoms with van der Waals surface area (Å²) in [5, 5.41) is 2.32. The molecule has 1 heterocycles. The highest BCUT2D eigenvalue weighted by Gasteiger charge is 2.51. The minimum Gasteiger partial charge on any atom is -0.399 e. The van der Waals surface area contributed by atoms with Crippen molar-refractivity contribution in [3.63, 3.8) is 0 Å². The largest absolute Gasteiger partial charge is 0.494 e. The third-order valence-corrected chi connectivity index (χ3v) is 6.07. The molecular weight excluding hydrogens is 436 g/mol. The third kappa shape index (κ3) is 5.39. The van der Waals surface area contributed by atoms with Crippen LogP contribution < -0.4 is 16.5 Å². The Kier molecular flexibility index (Phi) is 6.63. The summed E-state index contributed by atoms with van der Waals surface area (Å²) in [6.07, 6.45) is -4.70. The van der Waals surface area contributed by atoms with Crippen LogP contribution >= 0.6 is 0 Å². The fraction of sp³-hybridized carbons (Fsp3) is 0.391. The van der Waals surface area contributed by atoms with E-state index in [0.29, 0.717) is 5.56 Å². The zero-order valence-corrected chi connectivity index (χ0v) is 18.8. The number of carbonyl (C=O) groups is 2. The fourth-order valence-corrected chi connectivity index (χ4v) is 3.41. The summed E-state index contributed by atoms with van der Waals surface area (Å²) < 4.78 is 51.7. The van der Waals surface area contributed by atoms with Crippen molar-refractivity contribution in [3.05, 3.63) is 65.2 Å². The average molecular weight is 462 g/mol. The van der Waals surface area contributed by atoms with Crippen LogP contribution in [0.3, 0.4) is 0 Å². The number of alkyl halides is 3. The molecule has 1 fully saturated rings. The van der Waals surface area contributed by atoms with Crippen molar-refractivity contribution in [1.29, 1.82) is 0 Å². The minimum absolute atomic E-state index is 0.0128. The summed E-state index contributed by atoms with van der Waals surface area (Å²) in [4.78, 5) is 24.4. The van der Waals surface area contributed by atoms with E-state index >= 15 is 0 Å². The van der Waals surface area contributed by atoms with E-state index in [1.165, 1.54) is 12.1 Å². The molecule has 0 unspecified atom stereocenters. The smallest absolute Gasteiger partial charge is 0.399 e. The van der Waals surface area contributed by atoms with Gasteiger partial charge in [0.25, 0.3) is 5.91 Å². The van der Waals surface area contributed by atoms with Gasteiger partial charge in [-0.3, -0.25) is 9.59 Å². The number of hydrogen-bond donors (Lipinski definition) is 2. The second-order valence-electron chi connectivity index (χ2n) is 9.01. The molecule has 176 valence electrons. The highest BCUT2D eigenvalue weighted by Crippen LogP contribution is 2.36. The number of nitrogens with one attached hydrogen (secondary N) is 1. The minimum atomic E-state index is -4.71. The fourth-order valence-electron chi connectivity index (χ4n) is 3.41. The van der Waals surface area contributed by atoms with E-state index in [1.807, 2.05) is 27.7 Å². The second-order valence-corrected chi connectivity index (χ2v) is 9.01. The average Bonchev–Trinajstić information content (AvgIpc) is 2.94. The molecule has 10 heteroatoms. The molecule has 0 spiro atoms. The molecule has 2 aromatic carbocycles. The predicted molar refractivity (Wildman–Crippen MR) is 118 cm³/mol. The SMILES string of the molecule is CC1(C)OB(c2ccc(C[C@H](NC(=O)c3ccccc3C(F)(F)F)C(N)=O)cc2)OC1(C)C. The van der Waals surface area contributed by atoms with Crippen LogP contribution in [-0.2, 0) is 26.7 Å². The van der Waals surface area contributed by atoms with Gasteiger partial charge in [0, 0.05) is 6.42 Å². The summed E-state index contributed by atoms with van der Waals surface area (Å²) in [6.45, 7) is 7.77. The number of primary amides is 1. The first-order valence-electron chi connectivity index (χ1n) is 10.4. The summed E-state index contributed by atoms with van der Waals surface area (Å²) in [5.74, 6) is -1.89. The maximum Gasteiger partial charge on any atom is 0.494 e. The monoisotopic (exact) mass is 462 g/mol. The molecule has 2 aromatic rings. The Hall–Kier alpha value is -2.85. The summed E-state index contributed by atoms with van der Waals surface area (Å²) >= 11 is 0. The molecule has 1 aliphatic rings. The lowest BCUT2D eigenvalue weighted by Gasteiger charge is -2.32. The van der Waals surface area contributed by atoms with E-state index in [0.717, 1.165) is 17.6 Å². The normalized spacial score (nSPS) is 18.1. The lowest BCUT2D eigenvalue weighted by Crippen LogP contribution is -2.46. The molecule has 2 amide bonds. The van der Waals surface area contributed by atoms with Crippen LogP contribution in [0, 0.1) is 0 Å². The Labute approximate surface area is 190 Å². The molecule has 0 aliphatic carbocycles. The summed E-state index contributed by atoms with van der Waals surface area (Å²) in [5.41, 5.74) is 4.18. The van der Waals surface area contributed by atoms with E-state index in [1.54, 1.807) is 24.3 Å². The molecule has 3 rings (SSSR count). The van der Waals surface area contributed by atoms with Crippen LogP contribution in [-0.4, -0.2) is 36.2 Å². The molecule has 0 bridgehead atoms. The molecular formula is C23H26BF3N2O4. The van der Waals surface area contributed by atoms with Crippen LogP contribution in [0.5, 0.6) is 0 Å². The molecule has 3 N–H and O–H groups in total. The van der Waals surface area contributed by atoms with E-state index in [-0.39, 0.29) is 6.42 Å². The van der Waals surface area contributed by atoms with Crippen molar-refractivity contribution in [2.45, 2.75) is 57.5 Å².